The van der Waals surface area contributed by atoms with Gasteiger partial charge in [-0.25, -0.2) is 29.3 Å². The Balaban J connectivity index is 0.696. The van der Waals surface area contributed by atoms with Gasteiger partial charge in [0.2, 0.25) is 17.4 Å². The summed E-state index contributed by atoms with van der Waals surface area (Å²) in [5, 5.41) is 0. The molecule has 15 rings (SSSR count). The topological polar surface area (TPSA) is 138 Å². The van der Waals surface area contributed by atoms with Crippen LogP contribution >= 0.6 is 0 Å². The average Bonchev–Trinajstić information content (AvgIpc) is 3.81. The van der Waals surface area contributed by atoms with Crippen LogP contribution in [0.4, 0.5) is 0 Å². The Kier molecular flexibility index (Phi) is 13.1. The van der Waals surface area contributed by atoms with Crippen molar-refractivity contribution in [3.8, 4) is 0 Å². The summed E-state index contributed by atoms with van der Waals surface area (Å²) in [6.07, 6.45) is 12.7. The van der Waals surface area contributed by atoms with Crippen molar-refractivity contribution in [1.82, 2.24) is 0 Å². The first kappa shape index (κ1) is 49.3. The van der Waals surface area contributed by atoms with Crippen LogP contribution in [0, 0.1) is 71.0 Å². The molecule has 0 aromatic rings. The van der Waals surface area contributed by atoms with Crippen LogP contribution in [0.1, 0.15) is 159 Å². The number of hydrogen-bond donors (Lipinski definition) is 0. The SMILES string of the molecule is C[C@@H]1CC[C@H]2[C@@H](C)C(CCOCC(COCCC3O[C@@H]4OC5(C)CC[C@H]6[C@H](C)CC[C@@H]([C@H]3C)[C@@]46OO5)OCCC3O[C@@H]4OC5(C)CC[C@H]6[C@H](C)CC[C@@H]([C@H]3C)[C@@]46OO5)O[C@@H]3OC4(C)CC[C@@H]1[C@]32OO4. The van der Waals surface area contributed by atoms with Gasteiger partial charge in [0.15, 0.2) is 35.7 Å². The fourth-order valence-electron chi connectivity index (χ4n) is 17.3. The van der Waals surface area contributed by atoms with Crippen LogP contribution in [0.3, 0.4) is 0 Å². The standard InChI is InChI=1S/C54H86O15/c1-30-10-13-40-33(4)43(58-46-52(40)37(30)16-22-49(7,61-46)64-67-52)19-25-55-28-36(57-27-21-45-35(6)42-15-12-32(3)39-18-24-51(9)63-48(60-45)54(39,42)69-66-51)29-56-26-20-44-34(5)41-14-11-31(2)38-17-23-50(8)62-47(59-44)53(38,41)68-65-50/h30-48H,10-29H2,1-9H3/t30-,31-,32-,33-,34-,35-,36?,37+,38+,39+,40+,41+,42+,43?,44?,45?,46-,47-,48-,49?,50?,51?,52-,53-,54-/m1/s1. The highest BCUT2D eigenvalue weighted by molar-refractivity contribution is 5.13. The first-order valence-corrected chi connectivity index (χ1v) is 28.0. The van der Waals surface area contributed by atoms with E-state index in [9.17, 15) is 0 Å². The highest BCUT2D eigenvalue weighted by Crippen LogP contribution is 2.64. The number of hydrogen-bond acceptors (Lipinski definition) is 15. The van der Waals surface area contributed by atoms with Crippen LogP contribution in [0.25, 0.3) is 0 Å². The highest BCUT2D eigenvalue weighted by atomic mass is 17.3. The van der Waals surface area contributed by atoms with Crippen LogP contribution in [-0.4, -0.2) is 110 Å². The molecule has 15 aliphatic rings. The molecule has 392 valence electrons. The number of rotatable bonds is 14. The average molecular weight is 975 g/mol. The Morgan fingerprint density at radius 3 is 1.09 bits per heavy atom. The van der Waals surface area contributed by atoms with Gasteiger partial charge in [-0.1, -0.05) is 41.5 Å². The van der Waals surface area contributed by atoms with Gasteiger partial charge in [-0.15, -0.1) is 0 Å². The summed E-state index contributed by atoms with van der Waals surface area (Å²) in [6.45, 7) is 22.4. The summed E-state index contributed by atoms with van der Waals surface area (Å²) in [5.74, 6) is 1.83. The Morgan fingerprint density at radius 2 is 0.739 bits per heavy atom. The summed E-state index contributed by atoms with van der Waals surface area (Å²) in [4.78, 5) is 37.5. The van der Waals surface area contributed by atoms with Crippen LogP contribution in [0.5, 0.6) is 0 Å². The molecule has 12 aliphatic heterocycles. The minimum absolute atomic E-state index is 0.0259. The molecule has 6 unspecified atom stereocenters. The molecule has 12 heterocycles. The third-order valence-electron chi connectivity index (χ3n) is 21.3. The molecule has 24 atom stereocenters. The second kappa shape index (κ2) is 18.3. The molecule has 0 aromatic heterocycles. The van der Waals surface area contributed by atoms with Crippen molar-refractivity contribution in [3.63, 3.8) is 0 Å². The van der Waals surface area contributed by atoms with Crippen molar-refractivity contribution >= 4 is 0 Å². The van der Waals surface area contributed by atoms with E-state index < -0.39 is 53.0 Å². The van der Waals surface area contributed by atoms with E-state index in [0.717, 1.165) is 77.0 Å². The molecule has 15 fully saturated rings. The Hall–Kier alpha value is -0.600. The lowest BCUT2D eigenvalue weighted by atomic mass is 9.57. The third kappa shape index (κ3) is 7.95. The predicted molar refractivity (Wildman–Crippen MR) is 246 cm³/mol. The fourth-order valence-corrected chi connectivity index (χ4v) is 17.3. The van der Waals surface area contributed by atoms with E-state index in [1.165, 1.54) is 19.3 Å². The van der Waals surface area contributed by atoms with Crippen LogP contribution in [0.15, 0.2) is 0 Å². The molecule has 15 nitrogen and oxygen atoms in total. The van der Waals surface area contributed by atoms with E-state index in [2.05, 4.69) is 41.5 Å². The summed E-state index contributed by atoms with van der Waals surface area (Å²) in [7, 11) is 0. The molecule has 0 N–H and O–H groups in total. The largest absolute Gasteiger partial charge is 0.379 e. The molecular formula is C54H86O15. The van der Waals surface area contributed by atoms with E-state index >= 15 is 0 Å². The van der Waals surface area contributed by atoms with Gasteiger partial charge < -0.3 is 42.6 Å². The Morgan fingerprint density at radius 1 is 0.406 bits per heavy atom. The van der Waals surface area contributed by atoms with E-state index in [4.69, 9.17) is 72.0 Å². The molecular weight excluding hydrogens is 889 g/mol. The first-order valence-electron chi connectivity index (χ1n) is 28.0. The van der Waals surface area contributed by atoms with Crippen molar-refractivity contribution in [3.05, 3.63) is 0 Å². The Labute approximate surface area is 411 Å². The van der Waals surface area contributed by atoms with Gasteiger partial charge in [0.25, 0.3) is 0 Å². The number of fused-ring (bicyclic) bond motifs is 6. The van der Waals surface area contributed by atoms with Gasteiger partial charge >= 0.3 is 0 Å². The normalized spacial score (nSPS) is 56.3. The molecule has 0 radical (unpaired) electrons. The zero-order chi connectivity index (χ0) is 47.7. The summed E-state index contributed by atoms with van der Waals surface area (Å²) < 4.78 is 60.6. The maximum absolute atomic E-state index is 6.95. The van der Waals surface area contributed by atoms with Crippen molar-refractivity contribution in [2.75, 3.05) is 33.0 Å². The predicted octanol–water partition coefficient (Wildman–Crippen LogP) is 9.33. The summed E-state index contributed by atoms with van der Waals surface area (Å²) in [5.41, 5.74) is -1.72. The molecule has 3 spiro atoms. The zero-order valence-electron chi connectivity index (χ0n) is 43.2. The van der Waals surface area contributed by atoms with E-state index in [1.807, 2.05) is 20.8 Å². The third-order valence-corrected chi connectivity index (χ3v) is 21.3. The first-order chi connectivity index (χ1) is 33.1. The Bertz CT molecular complexity index is 1760. The van der Waals surface area contributed by atoms with E-state index in [-0.39, 0.29) is 59.9 Å². The van der Waals surface area contributed by atoms with Gasteiger partial charge in [-0.05, 0) is 151 Å². The van der Waals surface area contributed by atoms with Gasteiger partial charge in [0.1, 0.15) is 6.10 Å². The maximum Gasteiger partial charge on any atom is 0.201 e. The van der Waals surface area contributed by atoms with Crippen LogP contribution in [-0.2, 0) is 72.0 Å². The lowest BCUT2D eigenvalue weighted by molar-refractivity contribution is -0.571. The second-order valence-electron chi connectivity index (χ2n) is 25.3. The molecule has 3 saturated carbocycles. The minimum atomic E-state index is -0.803. The molecule has 0 aromatic carbocycles. The van der Waals surface area contributed by atoms with Crippen molar-refractivity contribution in [1.29, 1.82) is 0 Å². The summed E-state index contributed by atoms with van der Waals surface area (Å²) in [6, 6.07) is 0. The fraction of sp³-hybridized carbons (Fsp3) is 1.00. The molecule has 0 amide bonds. The van der Waals surface area contributed by atoms with Gasteiger partial charge in [0.05, 0.1) is 31.5 Å². The van der Waals surface area contributed by atoms with Crippen LogP contribution < -0.4 is 0 Å². The van der Waals surface area contributed by atoms with Gasteiger partial charge in [-0.2, -0.15) is 0 Å². The highest BCUT2D eigenvalue weighted by Gasteiger charge is 2.72. The monoisotopic (exact) mass is 975 g/mol. The molecule has 3 aliphatic carbocycles. The summed E-state index contributed by atoms with van der Waals surface area (Å²) >= 11 is 0. The van der Waals surface area contributed by atoms with Crippen molar-refractivity contribution < 1.29 is 72.0 Å². The van der Waals surface area contributed by atoms with E-state index in [0.29, 0.717) is 68.5 Å². The van der Waals surface area contributed by atoms with Crippen molar-refractivity contribution in [2.24, 2.45) is 71.0 Å². The van der Waals surface area contributed by atoms with Crippen LogP contribution in [0.2, 0.25) is 0 Å². The molecule has 69 heavy (non-hydrogen) atoms. The lowest BCUT2D eigenvalue weighted by Gasteiger charge is -2.60. The maximum atomic E-state index is 6.95. The van der Waals surface area contributed by atoms with Gasteiger partial charge in [0, 0.05) is 56.8 Å². The lowest BCUT2D eigenvalue weighted by Crippen LogP contribution is -2.70. The minimum Gasteiger partial charge on any atom is -0.379 e. The zero-order valence-corrected chi connectivity index (χ0v) is 43.2. The smallest absolute Gasteiger partial charge is 0.201 e. The number of ether oxygens (including phenoxy) is 9. The molecule has 15 heteroatoms. The van der Waals surface area contributed by atoms with Crippen molar-refractivity contribution in [2.45, 2.75) is 236 Å². The van der Waals surface area contributed by atoms with Gasteiger partial charge in [-0.3, -0.25) is 0 Å². The van der Waals surface area contributed by atoms with E-state index in [1.54, 1.807) is 0 Å². The second-order valence-corrected chi connectivity index (χ2v) is 25.3. The molecule has 12 saturated heterocycles. The quantitative estimate of drug-likeness (QED) is 0.121. The molecule has 6 bridgehead atoms.